The van der Waals surface area contributed by atoms with Crippen LogP contribution < -0.4 is 28.7 Å². The van der Waals surface area contributed by atoms with E-state index < -0.39 is 54.0 Å². The minimum absolute atomic E-state index is 0.0718. The third kappa shape index (κ3) is 27.1. The summed E-state index contributed by atoms with van der Waals surface area (Å²) in [4.78, 5) is 49.2. The number of primary amides is 1. The highest BCUT2D eigenvalue weighted by molar-refractivity contribution is 5.83. The first kappa shape index (κ1) is 35.6. The van der Waals surface area contributed by atoms with Crippen molar-refractivity contribution in [3.05, 3.63) is 0 Å². The van der Waals surface area contributed by atoms with Gasteiger partial charge >= 0.3 is 23.9 Å². The smallest absolute Gasteiger partial charge is 0.323 e. The van der Waals surface area contributed by atoms with Crippen LogP contribution in [0.4, 0.5) is 0 Å². The number of rotatable bonds is 9. The van der Waals surface area contributed by atoms with E-state index in [4.69, 9.17) is 42.7 Å². The molecule has 0 bridgehead atoms. The van der Waals surface area contributed by atoms with Crippen LogP contribution in [0.25, 0.3) is 0 Å². The molecule has 5 atom stereocenters. The summed E-state index contributed by atoms with van der Waals surface area (Å²) >= 11 is 0. The fourth-order valence-electron chi connectivity index (χ4n) is 1.01. The Morgan fingerprint density at radius 3 is 1.23 bits per heavy atom. The van der Waals surface area contributed by atoms with Gasteiger partial charge in [-0.25, -0.2) is 0 Å². The molecule has 31 heavy (non-hydrogen) atoms. The average molecular weight is 457 g/mol. The minimum atomic E-state index is -1.21. The Kier molecular flexibility index (Phi) is 23.4. The Labute approximate surface area is 179 Å². The maximum atomic E-state index is 10.2. The summed E-state index contributed by atoms with van der Waals surface area (Å²) in [5.41, 5.74) is 24.3. The molecule has 0 fully saturated rings. The lowest BCUT2D eigenvalue weighted by molar-refractivity contribution is -0.141. The highest BCUT2D eigenvalue weighted by Crippen LogP contribution is 2.04. The van der Waals surface area contributed by atoms with Crippen LogP contribution in [0.1, 0.15) is 33.6 Å². The molecule has 0 rings (SSSR count). The van der Waals surface area contributed by atoms with Gasteiger partial charge in [-0.15, -0.1) is 0 Å². The molecular formula is C16H35N5O10. The van der Waals surface area contributed by atoms with Crippen molar-refractivity contribution in [1.82, 2.24) is 0 Å². The Bertz CT molecular complexity index is 559. The van der Waals surface area contributed by atoms with Gasteiger partial charge in [-0.1, -0.05) is 20.3 Å². The van der Waals surface area contributed by atoms with Crippen LogP contribution in [0, 0.1) is 5.92 Å². The second kappa shape index (κ2) is 20.4. The van der Waals surface area contributed by atoms with E-state index >= 15 is 0 Å². The third-order valence-electron chi connectivity index (χ3n) is 3.26. The van der Waals surface area contributed by atoms with Crippen molar-refractivity contribution in [3.8, 4) is 0 Å². The molecular weight excluding hydrogens is 422 g/mol. The SMILES string of the molecule is CC(O)C(N)C(=O)O.CCC(C)C(N)C(=O)O.NC(=O)CC(N)C(=O)O.NCC(=O)O. The highest BCUT2D eigenvalue weighted by Gasteiger charge is 2.17. The number of nitrogens with two attached hydrogens (primary N) is 5. The molecule has 15 heteroatoms. The zero-order chi connectivity index (χ0) is 25.9. The van der Waals surface area contributed by atoms with Crippen LogP contribution in [0.3, 0.4) is 0 Å². The predicted molar refractivity (Wildman–Crippen MR) is 108 cm³/mol. The summed E-state index contributed by atoms with van der Waals surface area (Å²) < 4.78 is 0. The van der Waals surface area contributed by atoms with Crippen LogP contribution in [0.2, 0.25) is 0 Å². The first-order valence-corrected chi connectivity index (χ1v) is 8.79. The summed E-state index contributed by atoms with van der Waals surface area (Å²) in [5, 5.41) is 40.6. The van der Waals surface area contributed by atoms with Crippen LogP contribution in [-0.4, -0.2) is 86.1 Å². The number of carbonyl (C=O) groups excluding carboxylic acids is 1. The molecule has 0 aromatic heterocycles. The number of carboxylic acid groups (broad SMARTS) is 4. The number of carboxylic acids is 4. The van der Waals surface area contributed by atoms with Crippen LogP contribution in [0.5, 0.6) is 0 Å². The number of aliphatic hydroxyl groups excluding tert-OH is 1. The molecule has 0 aromatic carbocycles. The number of aliphatic hydroxyl groups is 1. The van der Waals surface area contributed by atoms with Crippen LogP contribution in [-0.2, 0) is 24.0 Å². The molecule has 0 aliphatic rings. The maximum absolute atomic E-state index is 10.2. The summed E-state index contributed by atoms with van der Waals surface area (Å²) in [6.45, 7) is 4.81. The molecule has 0 heterocycles. The number of hydrogen-bond acceptors (Lipinski definition) is 10. The molecule has 15 N–H and O–H groups in total. The van der Waals surface area contributed by atoms with Gasteiger partial charge in [0, 0.05) is 0 Å². The summed E-state index contributed by atoms with van der Waals surface area (Å²) in [6.07, 6.45) is -0.476. The lowest BCUT2D eigenvalue weighted by Gasteiger charge is -2.11. The predicted octanol–water partition coefficient (Wildman–Crippen LogP) is -3.47. The van der Waals surface area contributed by atoms with Crippen molar-refractivity contribution in [1.29, 1.82) is 0 Å². The molecule has 15 nitrogen and oxygen atoms in total. The number of carbonyl (C=O) groups is 5. The zero-order valence-electron chi connectivity index (χ0n) is 17.7. The van der Waals surface area contributed by atoms with Gasteiger partial charge in [0.1, 0.15) is 18.1 Å². The molecule has 0 aliphatic heterocycles. The third-order valence-corrected chi connectivity index (χ3v) is 3.26. The van der Waals surface area contributed by atoms with E-state index in [0.29, 0.717) is 0 Å². The first-order valence-electron chi connectivity index (χ1n) is 8.79. The fraction of sp³-hybridized carbons (Fsp3) is 0.688. The second-order valence-electron chi connectivity index (χ2n) is 6.07. The standard InChI is InChI=1S/C6H13NO2.C4H8N2O3.C4H9NO3.C2H5NO2/c1-3-4(2)5(7)6(8)9;5-2(4(8)9)1-3(6)7;1-2(6)3(5)4(7)8;3-1-2(4)5/h4-5H,3,7H2,1-2H3,(H,8,9);2H,1,5H2,(H2,6,7)(H,8,9);2-3,6H,5H2,1H3,(H,7,8);1,3H2,(H,4,5). The number of hydrogen-bond donors (Lipinski definition) is 10. The van der Waals surface area contributed by atoms with Crippen LogP contribution in [0.15, 0.2) is 0 Å². The molecule has 0 aromatic rings. The topological polar surface area (TPSA) is 317 Å². The molecule has 0 saturated carbocycles. The van der Waals surface area contributed by atoms with Crippen molar-refractivity contribution in [2.75, 3.05) is 6.54 Å². The van der Waals surface area contributed by atoms with Gasteiger partial charge in [0.25, 0.3) is 0 Å². The molecule has 1 amide bonds. The van der Waals surface area contributed by atoms with E-state index in [2.05, 4.69) is 11.5 Å². The molecule has 5 unspecified atom stereocenters. The van der Waals surface area contributed by atoms with E-state index in [-0.39, 0.29) is 18.9 Å². The highest BCUT2D eigenvalue weighted by atomic mass is 16.4. The van der Waals surface area contributed by atoms with E-state index in [9.17, 15) is 24.0 Å². The van der Waals surface area contributed by atoms with Gasteiger partial charge in [0.15, 0.2) is 0 Å². The number of amides is 1. The lowest BCUT2D eigenvalue weighted by atomic mass is 10.0. The molecule has 0 radical (unpaired) electrons. The van der Waals surface area contributed by atoms with Crippen molar-refractivity contribution in [3.63, 3.8) is 0 Å². The molecule has 0 spiro atoms. The van der Waals surface area contributed by atoms with Crippen molar-refractivity contribution < 1.29 is 49.5 Å². The first-order chi connectivity index (χ1) is 14.0. The summed E-state index contributed by atoms with van der Waals surface area (Å²) in [6, 6.07) is -3.02. The Morgan fingerprint density at radius 2 is 1.16 bits per heavy atom. The monoisotopic (exact) mass is 457 g/mol. The Morgan fingerprint density at radius 1 is 0.806 bits per heavy atom. The fourth-order valence-corrected chi connectivity index (χ4v) is 1.01. The lowest BCUT2D eigenvalue weighted by Crippen LogP contribution is -2.39. The number of aliphatic carboxylic acids is 4. The van der Waals surface area contributed by atoms with Gasteiger partial charge in [0.2, 0.25) is 5.91 Å². The van der Waals surface area contributed by atoms with E-state index in [0.717, 1.165) is 6.42 Å². The zero-order valence-corrected chi connectivity index (χ0v) is 17.7. The van der Waals surface area contributed by atoms with Gasteiger partial charge in [-0.05, 0) is 12.8 Å². The summed E-state index contributed by atoms with van der Waals surface area (Å²) in [7, 11) is 0. The van der Waals surface area contributed by atoms with Crippen molar-refractivity contribution in [2.45, 2.75) is 57.8 Å². The summed E-state index contributed by atoms with van der Waals surface area (Å²) in [5.74, 6) is -4.91. The molecule has 0 saturated heterocycles. The Balaban J connectivity index is -0.000000160. The largest absolute Gasteiger partial charge is 0.480 e. The minimum Gasteiger partial charge on any atom is -0.480 e. The average Bonchev–Trinajstić information content (AvgIpc) is 2.66. The van der Waals surface area contributed by atoms with E-state index in [1.807, 2.05) is 13.8 Å². The Hall–Kier alpha value is -2.85. The molecule has 0 aliphatic carbocycles. The van der Waals surface area contributed by atoms with Crippen molar-refractivity contribution >= 4 is 29.8 Å². The maximum Gasteiger partial charge on any atom is 0.323 e. The quantitative estimate of drug-likeness (QED) is 0.161. The van der Waals surface area contributed by atoms with E-state index in [1.165, 1.54) is 6.92 Å². The van der Waals surface area contributed by atoms with Gasteiger partial charge in [-0.3, -0.25) is 24.0 Å². The van der Waals surface area contributed by atoms with Crippen molar-refractivity contribution in [2.24, 2.45) is 34.6 Å². The van der Waals surface area contributed by atoms with Gasteiger partial charge in [0.05, 0.1) is 19.1 Å². The van der Waals surface area contributed by atoms with Gasteiger partial charge < -0.3 is 54.2 Å². The van der Waals surface area contributed by atoms with Crippen LogP contribution >= 0.6 is 0 Å². The van der Waals surface area contributed by atoms with Gasteiger partial charge in [-0.2, -0.15) is 0 Å². The second-order valence-corrected chi connectivity index (χ2v) is 6.07. The van der Waals surface area contributed by atoms with E-state index in [1.54, 1.807) is 0 Å². The normalized spacial score (nSPS) is 14.2. The molecule has 184 valence electrons.